The molecule has 0 radical (unpaired) electrons. The summed E-state index contributed by atoms with van der Waals surface area (Å²) in [5.74, 6) is -1.27. The molecule has 0 amide bonds. The summed E-state index contributed by atoms with van der Waals surface area (Å²) in [6.45, 7) is 2.87. The first kappa shape index (κ1) is 17.8. The maximum Gasteiger partial charge on any atom is 0.216 e. The summed E-state index contributed by atoms with van der Waals surface area (Å²) in [6, 6.07) is 4.02. The van der Waals surface area contributed by atoms with Gasteiger partial charge in [0.15, 0.2) is 11.6 Å². The molecule has 7 heteroatoms. The Hall–Kier alpha value is -1.05. The standard InChI is InChI=1S/C17H24F2N2O2S/c1-20(24(22,23)15-3-4-15)11-13-6-8-21(9-7-13)12-14-2-5-16(18)17(19)10-14/h2,5,10,13,15H,3-4,6-9,11-12H2,1H3. The number of benzene rings is 1. The van der Waals surface area contributed by atoms with Crippen LogP contribution in [0.15, 0.2) is 18.2 Å². The van der Waals surface area contributed by atoms with Crippen molar-refractivity contribution in [3.05, 3.63) is 35.4 Å². The molecule has 134 valence electrons. The second kappa shape index (κ2) is 7.06. The molecule has 24 heavy (non-hydrogen) atoms. The van der Waals surface area contributed by atoms with Crippen molar-refractivity contribution in [3.63, 3.8) is 0 Å². The van der Waals surface area contributed by atoms with Gasteiger partial charge in [-0.2, -0.15) is 0 Å². The maximum atomic E-state index is 13.3. The van der Waals surface area contributed by atoms with Crippen molar-refractivity contribution in [1.29, 1.82) is 0 Å². The van der Waals surface area contributed by atoms with Crippen LogP contribution in [-0.4, -0.2) is 49.6 Å². The minimum absolute atomic E-state index is 0.157. The molecule has 0 aromatic heterocycles. The molecule has 1 saturated carbocycles. The zero-order chi connectivity index (χ0) is 17.3. The lowest BCUT2D eigenvalue weighted by Gasteiger charge is -2.33. The van der Waals surface area contributed by atoms with Gasteiger partial charge in [0.25, 0.3) is 0 Å². The predicted octanol–water partition coefficient (Wildman–Crippen LogP) is 2.60. The summed E-state index contributed by atoms with van der Waals surface area (Å²) in [5, 5.41) is -0.157. The van der Waals surface area contributed by atoms with Crippen LogP contribution in [-0.2, 0) is 16.6 Å². The maximum absolute atomic E-state index is 13.3. The molecule has 1 heterocycles. The normalized spacial score (nSPS) is 20.7. The van der Waals surface area contributed by atoms with Gasteiger partial charge in [-0.1, -0.05) is 6.07 Å². The van der Waals surface area contributed by atoms with Crippen LogP contribution >= 0.6 is 0 Å². The van der Waals surface area contributed by atoms with Crippen LogP contribution in [0.2, 0.25) is 0 Å². The number of hydrogen-bond donors (Lipinski definition) is 0. The van der Waals surface area contributed by atoms with Crippen LogP contribution in [0.3, 0.4) is 0 Å². The predicted molar refractivity (Wildman–Crippen MR) is 88.9 cm³/mol. The second-order valence-electron chi connectivity index (χ2n) is 6.99. The van der Waals surface area contributed by atoms with Gasteiger partial charge in [-0.3, -0.25) is 4.90 Å². The van der Waals surface area contributed by atoms with E-state index in [9.17, 15) is 17.2 Å². The van der Waals surface area contributed by atoms with Crippen LogP contribution < -0.4 is 0 Å². The van der Waals surface area contributed by atoms with Crippen molar-refractivity contribution in [2.75, 3.05) is 26.7 Å². The van der Waals surface area contributed by atoms with Gasteiger partial charge in [-0.05, 0) is 62.4 Å². The summed E-state index contributed by atoms with van der Waals surface area (Å²) in [7, 11) is -1.41. The molecule has 0 unspecified atom stereocenters. The lowest BCUT2D eigenvalue weighted by atomic mass is 9.96. The third-order valence-electron chi connectivity index (χ3n) is 4.99. The molecule has 1 aromatic carbocycles. The Morgan fingerprint density at radius 3 is 2.38 bits per heavy atom. The number of hydrogen-bond acceptors (Lipinski definition) is 3. The van der Waals surface area contributed by atoms with Crippen molar-refractivity contribution < 1.29 is 17.2 Å². The van der Waals surface area contributed by atoms with E-state index < -0.39 is 21.7 Å². The second-order valence-corrected chi connectivity index (χ2v) is 9.31. The van der Waals surface area contributed by atoms with Gasteiger partial charge in [-0.25, -0.2) is 21.5 Å². The molecule has 0 atom stereocenters. The van der Waals surface area contributed by atoms with E-state index in [1.807, 2.05) is 0 Å². The van der Waals surface area contributed by atoms with E-state index in [1.165, 1.54) is 10.4 Å². The zero-order valence-corrected chi connectivity index (χ0v) is 14.7. The molecule has 0 bridgehead atoms. The third kappa shape index (κ3) is 4.13. The van der Waals surface area contributed by atoms with Gasteiger partial charge in [0, 0.05) is 20.1 Å². The van der Waals surface area contributed by atoms with E-state index in [0.717, 1.165) is 50.4 Å². The monoisotopic (exact) mass is 358 g/mol. The fourth-order valence-corrected chi connectivity index (χ4v) is 4.97. The van der Waals surface area contributed by atoms with Gasteiger partial charge in [0.1, 0.15) is 0 Å². The van der Waals surface area contributed by atoms with Crippen LogP contribution in [0.5, 0.6) is 0 Å². The largest absolute Gasteiger partial charge is 0.299 e. The molecule has 1 aromatic rings. The average molecular weight is 358 g/mol. The molecule has 1 aliphatic carbocycles. The van der Waals surface area contributed by atoms with E-state index in [0.29, 0.717) is 19.0 Å². The van der Waals surface area contributed by atoms with Crippen LogP contribution in [0.4, 0.5) is 8.78 Å². The van der Waals surface area contributed by atoms with Crippen LogP contribution in [0.25, 0.3) is 0 Å². The van der Waals surface area contributed by atoms with E-state index in [-0.39, 0.29) is 5.25 Å². The van der Waals surface area contributed by atoms with E-state index >= 15 is 0 Å². The van der Waals surface area contributed by atoms with Crippen molar-refractivity contribution in [2.45, 2.75) is 37.5 Å². The van der Waals surface area contributed by atoms with Gasteiger partial charge < -0.3 is 0 Å². The quantitative estimate of drug-likeness (QED) is 0.785. The summed E-state index contributed by atoms with van der Waals surface area (Å²) in [6.07, 6.45) is 3.43. The number of likely N-dealkylation sites (tertiary alicyclic amines) is 1. The fourth-order valence-electron chi connectivity index (χ4n) is 3.31. The summed E-state index contributed by atoms with van der Waals surface area (Å²) >= 11 is 0. The Kier molecular flexibility index (Phi) is 5.22. The Bertz CT molecular complexity index is 684. The fraction of sp³-hybridized carbons (Fsp3) is 0.647. The number of sulfonamides is 1. The Morgan fingerprint density at radius 1 is 1.12 bits per heavy atom. The minimum Gasteiger partial charge on any atom is -0.299 e. The Balaban J connectivity index is 1.48. The highest BCUT2D eigenvalue weighted by atomic mass is 32.2. The first-order valence-electron chi connectivity index (χ1n) is 8.47. The van der Waals surface area contributed by atoms with Crippen molar-refractivity contribution >= 4 is 10.0 Å². The number of rotatable bonds is 6. The number of piperidine rings is 1. The molecule has 2 aliphatic rings. The Labute approximate surface area is 142 Å². The lowest BCUT2D eigenvalue weighted by Crippen LogP contribution is -2.40. The lowest BCUT2D eigenvalue weighted by molar-refractivity contribution is 0.166. The van der Waals surface area contributed by atoms with Crippen molar-refractivity contribution in [1.82, 2.24) is 9.21 Å². The first-order chi connectivity index (χ1) is 11.4. The van der Waals surface area contributed by atoms with E-state index in [4.69, 9.17) is 0 Å². The molecular weight excluding hydrogens is 334 g/mol. The van der Waals surface area contributed by atoms with Gasteiger partial charge >= 0.3 is 0 Å². The molecule has 1 saturated heterocycles. The van der Waals surface area contributed by atoms with E-state index in [1.54, 1.807) is 13.1 Å². The molecular formula is C17H24F2N2O2S. The first-order valence-corrected chi connectivity index (χ1v) is 9.98. The van der Waals surface area contributed by atoms with Gasteiger partial charge in [-0.15, -0.1) is 0 Å². The van der Waals surface area contributed by atoms with Gasteiger partial charge in [0.2, 0.25) is 10.0 Å². The molecule has 2 fully saturated rings. The third-order valence-corrected chi connectivity index (χ3v) is 7.32. The molecule has 3 rings (SSSR count). The molecule has 1 aliphatic heterocycles. The highest BCUT2D eigenvalue weighted by Crippen LogP contribution is 2.31. The highest BCUT2D eigenvalue weighted by molar-refractivity contribution is 7.90. The number of nitrogens with zero attached hydrogens (tertiary/aromatic N) is 2. The molecule has 0 spiro atoms. The molecule has 0 N–H and O–H groups in total. The smallest absolute Gasteiger partial charge is 0.216 e. The minimum atomic E-state index is -3.09. The Morgan fingerprint density at radius 2 is 1.79 bits per heavy atom. The zero-order valence-electron chi connectivity index (χ0n) is 13.9. The van der Waals surface area contributed by atoms with Gasteiger partial charge in [0.05, 0.1) is 5.25 Å². The summed E-state index contributed by atoms with van der Waals surface area (Å²) < 4.78 is 52.1. The number of halogens is 2. The summed E-state index contributed by atoms with van der Waals surface area (Å²) in [4.78, 5) is 2.21. The molecule has 4 nitrogen and oxygen atoms in total. The van der Waals surface area contributed by atoms with Crippen molar-refractivity contribution in [3.8, 4) is 0 Å². The average Bonchev–Trinajstić information content (AvgIpc) is 3.38. The topological polar surface area (TPSA) is 40.6 Å². The highest BCUT2D eigenvalue weighted by Gasteiger charge is 2.39. The SMILES string of the molecule is CN(CC1CCN(Cc2ccc(F)c(F)c2)CC1)S(=O)(=O)C1CC1. The van der Waals surface area contributed by atoms with E-state index in [2.05, 4.69) is 4.90 Å². The van der Waals surface area contributed by atoms with Crippen LogP contribution in [0, 0.1) is 17.6 Å². The van der Waals surface area contributed by atoms with Crippen molar-refractivity contribution in [2.24, 2.45) is 5.92 Å². The summed E-state index contributed by atoms with van der Waals surface area (Å²) in [5.41, 5.74) is 0.765. The van der Waals surface area contributed by atoms with Crippen LogP contribution in [0.1, 0.15) is 31.2 Å².